The van der Waals surface area contributed by atoms with Crippen LogP contribution in [0.3, 0.4) is 0 Å². The molecule has 2 aromatic rings. The third-order valence-corrected chi connectivity index (χ3v) is 4.05. The molecule has 102 valence electrons. The van der Waals surface area contributed by atoms with Gasteiger partial charge in [-0.2, -0.15) is 0 Å². The van der Waals surface area contributed by atoms with Crippen molar-refractivity contribution >= 4 is 16.6 Å². The SMILES string of the molecule is CN(C)CCc1c[nH]c2cc(N3CCCC3)ccc12. The van der Waals surface area contributed by atoms with Crippen molar-refractivity contribution in [2.24, 2.45) is 0 Å². The van der Waals surface area contributed by atoms with Crippen LogP contribution in [-0.4, -0.2) is 43.6 Å². The molecule has 3 heteroatoms. The molecule has 1 N–H and O–H groups in total. The first-order chi connectivity index (χ1) is 9.24. The van der Waals surface area contributed by atoms with Crippen molar-refractivity contribution in [3.63, 3.8) is 0 Å². The average molecular weight is 257 g/mol. The number of hydrogen-bond acceptors (Lipinski definition) is 2. The third kappa shape index (κ3) is 2.61. The monoisotopic (exact) mass is 257 g/mol. The lowest BCUT2D eigenvalue weighted by Gasteiger charge is -2.17. The summed E-state index contributed by atoms with van der Waals surface area (Å²) in [5.41, 5.74) is 4.07. The quantitative estimate of drug-likeness (QED) is 0.910. The highest BCUT2D eigenvalue weighted by Gasteiger charge is 2.13. The molecule has 0 saturated carbocycles. The Kier molecular flexibility index (Phi) is 3.47. The minimum Gasteiger partial charge on any atom is -0.371 e. The number of likely N-dealkylation sites (N-methyl/N-ethyl adjacent to an activating group) is 1. The topological polar surface area (TPSA) is 22.3 Å². The Morgan fingerprint density at radius 3 is 2.74 bits per heavy atom. The number of H-pyrrole nitrogens is 1. The minimum atomic E-state index is 1.10. The first kappa shape index (κ1) is 12.5. The van der Waals surface area contributed by atoms with Crippen molar-refractivity contribution in [1.82, 2.24) is 9.88 Å². The molecule has 19 heavy (non-hydrogen) atoms. The molecule has 1 aliphatic rings. The van der Waals surface area contributed by atoms with E-state index in [1.165, 1.54) is 48.1 Å². The average Bonchev–Trinajstić information content (AvgIpc) is 3.05. The number of rotatable bonds is 4. The summed E-state index contributed by atoms with van der Waals surface area (Å²) in [4.78, 5) is 8.15. The van der Waals surface area contributed by atoms with E-state index >= 15 is 0 Å². The number of nitrogens with one attached hydrogen (secondary N) is 1. The van der Waals surface area contributed by atoms with Crippen molar-refractivity contribution < 1.29 is 0 Å². The molecule has 0 bridgehead atoms. The van der Waals surface area contributed by atoms with E-state index in [9.17, 15) is 0 Å². The highest BCUT2D eigenvalue weighted by molar-refractivity contribution is 5.86. The van der Waals surface area contributed by atoms with Gasteiger partial charge in [-0.3, -0.25) is 0 Å². The molecule has 3 nitrogen and oxygen atoms in total. The molecule has 1 saturated heterocycles. The van der Waals surface area contributed by atoms with Gasteiger partial charge in [-0.25, -0.2) is 0 Å². The van der Waals surface area contributed by atoms with Gasteiger partial charge in [0.1, 0.15) is 0 Å². The van der Waals surface area contributed by atoms with Crippen LogP contribution >= 0.6 is 0 Å². The summed E-state index contributed by atoms with van der Waals surface area (Å²) < 4.78 is 0. The second-order valence-electron chi connectivity index (χ2n) is 5.79. The lowest BCUT2D eigenvalue weighted by Crippen LogP contribution is -2.17. The van der Waals surface area contributed by atoms with Crippen LogP contribution in [0.25, 0.3) is 10.9 Å². The third-order valence-electron chi connectivity index (χ3n) is 4.05. The summed E-state index contributed by atoms with van der Waals surface area (Å²) in [6, 6.07) is 6.87. The van der Waals surface area contributed by atoms with Crippen LogP contribution in [0.1, 0.15) is 18.4 Å². The molecular formula is C16H23N3. The first-order valence-electron chi connectivity index (χ1n) is 7.24. The number of aromatic nitrogens is 1. The van der Waals surface area contributed by atoms with Crippen molar-refractivity contribution in [3.8, 4) is 0 Å². The summed E-state index contributed by atoms with van der Waals surface area (Å²) >= 11 is 0. The maximum atomic E-state index is 3.43. The van der Waals surface area contributed by atoms with Gasteiger partial charge in [0.15, 0.2) is 0 Å². The number of hydrogen-bond donors (Lipinski definition) is 1. The van der Waals surface area contributed by atoms with Gasteiger partial charge in [-0.05, 0) is 51.1 Å². The second-order valence-corrected chi connectivity index (χ2v) is 5.79. The number of benzene rings is 1. The number of anilines is 1. The lowest BCUT2D eigenvalue weighted by atomic mass is 10.1. The van der Waals surface area contributed by atoms with Crippen LogP contribution < -0.4 is 4.90 Å². The van der Waals surface area contributed by atoms with Gasteiger partial charge in [0.2, 0.25) is 0 Å². The first-order valence-corrected chi connectivity index (χ1v) is 7.24. The molecule has 0 spiro atoms. The molecule has 0 aliphatic carbocycles. The smallest absolute Gasteiger partial charge is 0.0477 e. The van der Waals surface area contributed by atoms with Crippen LogP contribution in [0, 0.1) is 0 Å². The molecule has 1 aromatic heterocycles. The summed E-state index contributed by atoms with van der Waals surface area (Å²) in [6.45, 7) is 3.51. The van der Waals surface area contributed by atoms with Crippen LogP contribution in [0.2, 0.25) is 0 Å². The van der Waals surface area contributed by atoms with E-state index in [1.807, 2.05) is 0 Å². The molecule has 0 radical (unpaired) electrons. The Hall–Kier alpha value is -1.48. The van der Waals surface area contributed by atoms with Gasteiger partial charge < -0.3 is 14.8 Å². The standard InChI is InChI=1S/C16H23N3/c1-18(2)10-7-13-12-17-16-11-14(5-6-15(13)16)19-8-3-4-9-19/h5-6,11-12,17H,3-4,7-10H2,1-2H3. The Labute approximate surface area is 115 Å². The maximum Gasteiger partial charge on any atom is 0.0477 e. The fourth-order valence-corrected chi connectivity index (χ4v) is 2.90. The van der Waals surface area contributed by atoms with Gasteiger partial charge in [-0.15, -0.1) is 0 Å². The van der Waals surface area contributed by atoms with Crippen LogP contribution in [0.4, 0.5) is 5.69 Å². The lowest BCUT2D eigenvalue weighted by molar-refractivity contribution is 0.414. The van der Waals surface area contributed by atoms with Crippen molar-refractivity contribution in [3.05, 3.63) is 30.0 Å². The van der Waals surface area contributed by atoms with Gasteiger partial charge in [0.25, 0.3) is 0 Å². The molecule has 1 fully saturated rings. The Balaban J connectivity index is 1.84. The maximum absolute atomic E-state index is 3.43. The highest BCUT2D eigenvalue weighted by Crippen LogP contribution is 2.26. The number of fused-ring (bicyclic) bond motifs is 1. The zero-order valence-electron chi connectivity index (χ0n) is 11.9. The number of aromatic amines is 1. The zero-order chi connectivity index (χ0) is 13.2. The Morgan fingerprint density at radius 2 is 2.00 bits per heavy atom. The second kappa shape index (κ2) is 5.25. The van der Waals surface area contributed by atoms with Gasteiger partial charge >= 0.3 is 0 Å². The Bertz CT molecular complexity index is 550. The van der Waals surface area contributed by atoms with Crippen LogP contribution in [0.5, 0.6) is 0 Å². The van der Waals surface area contributed by atoms with Gasteiger partial charge in [0.05, 0.1) is 0 Å². The summed E-state index contributed by atoms with van der Waals surface area (Å²) in [5.74, 6) is 0. The molecule has 3 rings (SSSR count). The predicted octanol–water partition coefficient (Wildman–Crippen LogP) is 2.87. The molecule has 0 unspecified atom stereocenters. The van der Waals surface area contributed by atoms with Crippen molar-refractivity contribution in [2.45, 2.75) is 19.3 Å². The van der Waals surface area contributed by atoms with Gasteiger partial charge in [0, 0.05) is 42.4 Å². The van der Waals surface area contributed by atoms with E-state index in [1.54, 1.807) is 0 Å². The van der Waals surface area contributed by atoms with E-state index in [0.717, 1.165) is 13.0 Å². The summed E-state index contributed by atoms with van der Waals surface area (Å²) in [5, 5.41) is 1.38. The fourth-order valence-electron chi connectivity index (χ4n) is 2.90. The molecule has 2 heterocycles. The molecule has 0 amide bonds. The predicted molar refractivity (Wildman–Crippen MR) is 82.0 cm³/mol. The molecule has 0 atom stereocenters. The fraction of sp³-hybridized carbons (Fsp3) is 0.500. The largest absolute Gasteiger partial charge is 0.371 e. The molecular weight excluding hydrogens is 234 g/mol. The van der Waals surface area contributed by atoms with Crippen LogP contribution in [-0.2, 0) is 6.42 Å². The van der Waals surface area contributed by atoms with E-state index in [-0.39, 0.29) is 0 Å². The van der Waals surface area contributed by atoms with E-state index in [0.29, 0.717) is 0 Å². The summed E-state index contributed by atoms with van der Waals surface area (Å²) in [7, 11) is 4.25. The summed E-state index contributed by atoms with van der Waals surface area (Å²) in [6.07, 6.45) is 5.94. The zero-order valence-corrected chi connectivity index (χ0v) is 11.9. The van der Waals surface area contributed by atoms with E-state index < -0.39 is 0 Å². The normalized spacial score (nSPS) is 15.8. The highest BCUT2D eigenvalue weighted by atomic mass is 15.1. The van der Waals surface area contributed by atoms with Crippen molar-refractivity contribution in [2.75, 3.05) is 38.6 Å². The minimum absolute atomic E-state index is 1.10. The Morgan fingerprint density at radius 1 is 1.21 bits per heavy atom. The van der Waals surface area contributed by atoms with E-state index in [4.69, 9.17) is 0 Å². The van der Waals surface area contributed by atoms with Crippen LogP contribution in [0.15, 0.2) is 24.4 Å². The van der Waals surface area contributed by atoms with Gasteiger partial charge in [-0.1, -0.05) is 6.07 Å². The molecule has 1 aromatic carbocycles. The number of nitrogens with zero attached hydrogens (tertiary/aromatic N) is 2. The van der Waals surface area contributed by atoms with E-state index in [2.05, 4.69) is 53.3 Å². The molecule has 1 aliphatic heterocycles. The van der Waals surface area contributed by atoms with Crippen molar-refractivity contribution in [1.29, 1.82) is 0 Å².